The Hall–Kier alpha value is 2.47. The van der Waals surface area contributed by atoms with Crippen molar-refractivity contribution >= 4 is 191 Å². The normalized spacial score (nSPS) is 3.70. The van der Waals surface area contributed by atoms with Crippen LogP contribution in [0.3, 0.4) is 0 Å². The summed E-state index contributed by atoms with van der Waals surface area (Å²) >= 11 is 47.9. The average molecular weight is 511 g/mol. The van der Waals surface area contributed by atoms with Crippen LogP contribution in [0, 0.1) is 7.43 Å². The van der Waals surface area contributed by atoms with Crippen molar-refractivity contribution in [3.05, 3.63) is 7.43 Å². The summed E-state index contributed by atoms with van der Waals surface area (Å²) in [6.07, 6.45) is 0. The van der Waals surface area contributed by atoms with Crippen LogP contribution in [0.1, 0.15) is 0 Å². The van der Waals surface area contributed by atoms with E-state index in [0.29, 0.717) is 0 Å². The number of thiol groups is 2. The van der Waals surface area contributed by atoms with E-state index in [2.05, 4.69) is 149 Å². The Labute approximate surface area is 195 Å². The molecule has 0 saturated carbocycles. The van der Waals surface area contributed by atoms with Gasteiger partial charge in [-0.15, -0.1) is 25.3 Å². The molecule has 0 aliphatic rings. The predicted octanol–water partition coefficient (Wildman–Crippen LogP) is 3.90. The number of hydrogen-bond acceptors (Lipinski definition) is 10. The second-order valence-corrected chi connectivity index (χ2v) is 5.36. The SMILES string of the molecule is S.S=CS.S=CS.S=C[S-].S=C[S-].S=C[S-].S=C[S-].[C+4]. The van der Waals surface area contributed by atoms with Crippen LogP contribution in [-0.2, 0) is 50.5 Å². The molecule has 0 aromatic rings. The summed E-state index contributed by atoms with van der Waals surface area (Å²) in [5, 5.41) is 0. The van der Waals surface area contributed by atoms with Gasteiger partial charge in [0.1, 0.15) is 0 Å². The fourth-order valence-corrected chi connectivity index (χ4v) is 0. The molecule has 0 heterocycles. The molecule has 0 spiro atoms. The Balaban J connectivity index is -0.0000000141. The van der Waals surface area contributed by atoms with E-state index in [1.165, 1.54) is 28.2 Å². The first kappa shape index (κ1) is 49.5. The van der Waals surface area contributed by atoms with Gasteiger partial charge in [-0.2, -0.15) is 32.3 Å². The molecule has 0 N–H and O–H groups in total. The van der Waals surface area contributed by atoms with Crippen molar-refractivity contribution in [1.82, 2.24) is 0 Å². The number of rotatable bonds is 0. The molecule has 0 nitrogen and oxygen atoms in total. The zero-order valence-corrected chi connectivity index (χ0v) is 20.4. The van der Waals surface area contributed by atoms with Crippen LogP contribution in [0.15, 0.2) is 0 Å². The maximum Gasteiger partial charge on any atom is 4.00 e. The van der Waals surface area contributed by atoms with Gasteiger partial charge in [-0.3, -0.25) is 0 Å². The van der Waals surface area contributed by atoms with Crippen molar-refractivity contribution in [1.29, 1.82) is 0 Å². The van der Waals surface area contributed by atoms with Crippen molar-refractivity contribution in [2.24, 2.45) is 0 Å². The summed E-state index contributed by atoms with van der Waals surface area (Å²) in [4.78, 5) is 0. The Morgan fingerprint density at radius 1 is 0.550 bits per heavy atom. The Bertz CT molecular complexity index is 110. The van der Waals surface area contributed by atoms with Gasteiger partial charge in [0.25, 0.3) is 0 Å². The van der Waals surface area contributed by atoms with Crippen LogP contribution in [0.25, 0.3) is 0 Å². The van der Waals surface area contributed by atoms with Crippen LogP contribution >= 0.6 is 112 Å². The first-order valence-corrected chi connectivity index (χ1v) is 8.62. The molecule has 0 aromatic carbocycles. The van der Waals surface area contributed by atoms with Crippen LogP contribution in [0.4, 0.5) is 0 Å². The van der Waals surface area contributed by atoms with Gasteiger partial charge in [-0.1, -0.05) is 24.4 Å². The second-order valence-electron chi connectivity index (χ2n) is 0.596. The molecule has 0 aromatic heterocycles. The third-order valence-electron chi connectivity index (χ3n) is 0. The molecular weight excluding hydrogens is 501 g/mol. The van der Waals surface area contributed by atoms with Crippen molar-refractivity contribution in [2.75, 3.05) is 0 Å². The summed E-state index contributed by atoms with van der Waals surface area (Å²) in [6, 6.07) is 0. The monoisotopic (exact) mass is 510 g/mol. The minimum atomic E-state index is 0. The van der Waals surface area contributed by atoms with Crippen LogP contribution < -0.4 is 0 Å². The van der Waals surface area contributed by atoms with E-state index in [-0.39, 0.29) is 20.9 Å². The summed E-state index contributed by atoms with van der Waals surface area (Å²) in [5.74, 6) is 0. The molecule has 0 aliphatic carbocycles. The van der Waals surface area contributed by atoms with Crippen LogP contribution in [-0.4, -0.2) is 28.2 Å². The van der Waals surface area contributed by atoms with Gasteiger partial charge < -0.3 is 99.4 Å². The molecule has 116 valence electrons. The van der Waals surface area contributed by atoms with Crippen molar-refractivity contribution in [3.8, 4) is 0 Å². The molecule has 20 heavy (non-hydrogen) atoms. The van der Waals surface area contributed by atoms with Gasteiger partial charge >= 0.3 is 7.43 Å². The number of thiocarbonyl (C=S) groups is 6. The second kappa shape index (κ2) is 125. The van der Waals surface area contributed by atoms with E-state index in [1.807, 2.05) is 0 Å². The third-order valence-corrected chi connectivity index (χ3v) is 0. The average Bonchev–Trinajstić information content (AvgIpc) is 2.23. The fraction of sp³-hybridized carbons (Fsp3) is 0. The molecule has 0 rings (SSSR count). The molecule has 0 saturated heterocycles. The zero-order chi connectivity index (χ0) is 16.2. The summed E-state index contributed by atoms with van der Waals surface area (Å²) in [6.45, 7) is 0. The van der Waals surface area contributed by atoms with Gasteiger partial charge in [0.2, 0.25) is 0 Å². The van der Waals surface area contributed by atoms with E-state index in [4.69, 9.17) is 0 Å². The standard InChI is InChI=1S/6CH2S2.C.H2S/c6*2-1-3;;/h6*1H,(H,2,3);;1H2/q;;;;;;+4;/p-4. The fourth-order valence-electron chi connectivity index (χ4n) is 0. The number of hydrogen-bond donors (Lipinski definition) is 2. The maximum atomic E-state index is 4.13. The molecule has 0 amide bonds. The molecule has 0 aliphatic heterocycles. The Morgan fingerprint density at radius 3 is 0.550 bits per heavy atom. The van der Waals surface area contributed by atoms with E-state index in [0.717, 1.165) is 0 Å². The zero-order valence-electron chi connectivity index (χ0n) is 9.44. The minimum Gasteiger partial charge on any atom is -0.436 e. The quantitative estimate of drug-likeness (QED) is 0.278. The Morgan fingerprint density at radius 2 is 0.550 bits per heavy atom. The summed E-state index contributed by atoms with van der Waals surface area (Å²) < 4.78 is 7.22. The molecule has 0 unspecified atom stereocenters. The van der Waals surface area contributed by atoms with Crippen molar-refractivity contribution < 1.29 is 0 Å². The largest absolute Gasteiger partial charge is 4.00 e. The molecule has 0 atom stereocenters. The van der Waals surface area contributed by atoms with Gasteiger partial charge in [-0.25, -0.2) is 0 Å². The molecule has 0 fully saturated rings. The maximum absolute atomic E-state index is 4.13. The van der Waals surface area contributed by atoms with E-state index >= 15 is 0 Å². The third kappa shape index (κ3) is 1270. The smallest absolute Gasteiger partial charge is 0.436 e. The van der Waals surface area contributed by atoms with E-state index in [9.17, 15) is 0 Å². The molecule has 0 bridgehead atoms. The predicted molar refractivity (Wildman–Crippen MR) is 143 cm³/mol. The first-order valence-electron chi connectivity index (χ1n) is 2.87. The van der Waals surface area contributed by atoms with Crippen molar-refractivity contribution in [2.45, 2.75) is 0 Å². The van der Waals surface area contributed by atoms with E-state index < -0.39 is 0 Å². The summed E-state index contributed by atoms with van der Waals surface area (Å²) in [7, 11) is 0. The van der Waals surface area contributed by atoms with E-state index in [1.54, 1.807) is 0 Å². The molecular formula is C7H10S13. The summed E-state index contributed by atoms with van der Waals surface area (Å²) in [5.41, 5.74) is 0. The van der Waals surface area contributed by atoms with Gasteiger partial charge in [0.15, 0.2) is 0 Å². The van der Waals surface area contributed by atoms with Gasteiger partial charge in [-0.05, 0) is 0 Å². The van der Waals surface area contributed by atoms with Crippen LogP contribution in [0.2, 0.25) is 0 Å². The molecule has 0 radical (unpaired) electrons. The molecule has 13 heteroatoms. The van der Waals surface area contributed by atoms with Gasteiger partial charge in [0, 0.05) is 9.40 Å². The topological polar surface area (TPSA) is 0 Å². The van der Waals surface area contributed by atoms with Gasteiger partial charge in [0.05, 0.1) is 0 Å². The first-order chi connectivity index (χ1) is 8.49. The minimum absolute atomic E-state index is 0. The van der Waals surface area contributed by atoms with Crippen LogP contribution in [0.5, 0.6) is 0 Å². The van der Waals surface area contributed by atoms with Crippen molar-refractivity contribution in [3.63, 3.8) is 0 Å². The Kier molecular flexibility index (Phi) is 310.